The molecule has 0 heterocycles. The molecule has 0 radical (unpaired) electrons. The minimum absolute atomic E-state index is 0.305. The van der Waals surface area contributed by atoms with Gasteiger partial charge in [0, 0.05) is 13.7 Å². The van der Waals surface area contributed by atoms with E-state index in [0.29, 0.717) is 28.8 Å². The number of methoxy groups -OCH3 is 1. The van der Waals surface area contributed by atoms with E-state index in [1.807, 2.05) is 0 Å². The fourth-order valence-corrected chi connectivity index (χ4v) is 1.90. The molecule has 6 heteroatoms. The average Bonchev–Trinajstić information content (AvgIpc) is 2.34. The summed E-state index contributed by atoms with van der Waals surface area (Å²) in [5, 5.41) is 3.41. The van der Waals surface area contributed by atoms with E-state index in [4.69, 9.17) is 33.7 Å². The van der Waals surface area contributed by atoms with Gasteiger partial charge in [0.1, 0.15) is 0 Å². The van der Waals surface area contributed by atoms with Gasteiger partial charge in [-0.2, -0.15) is 0 Å². The quantitative estimate of drug-likeness (QED) is 0.792. The zero-order valence-corrected chi connectivity index (χ0v) is 11.6. The van der Waals surface area contributed by atoms with Gasteiger partial charge in [0.2, 0.25) is 5.91 Å². The van der Waals surface area contributed by atoms with E-state index in [0.717, 1.165) is 6.42 Å². The summed E-state index contributed by atoms with van der Waals surface area (Å²) in [5.74, 6) is -0.305. The maximum absolute atomic E-state index is 11.8. The second kappa shape index (κ2) is 7.59. The predicted molar refractivity (Wildman–Crippen MR) is 74.2 cm³/mol. The molecule has 1 unspecified atom stereocenters. The lowest BCUT2D eigenvalue weighted by Crippen LogP contribution is -2.35. The fourth-order valence-electron chi connectivity index (χ4n) is 1.41. The van der Waals surface area contributed by atoms with E-state index in [1.165, 1.54) is 0 Å². The van der Waals surface area contributed by atoms with Crippen molar-refractivity contribution in [2.24, 2.45) is 5.73 Å². The largest absolute Gasteiger partial charge is 0.385 e. The van der Waals surface area contributed by atoms with Crippen molar-refractivity contribution in [3.8, 4) is 0 Å². The Kier molecular flexibility index (Phi) is 6.43. The number of carbonyl (C=O) groups excluding carboxylic acids is 1. The Balaban J connectivity index is 2.58. The molecule has 1 amide bonds. The van der Waals surface area contributed by atoms with Crippen LogP contribution in [0.1, 0.15) is 12.8 Å². The first-order valence-corrected chi connectivity index (χ1v) is 6.31. The molecule has 100 valence electrons. The highest BCUT2D eigenvalue weighted by Gasteiger charge is 2.16. The highest BCUT2D eigenvalue weighted by molar-refractivity contribution is 6.39. The molecule has 1 atom stereocenters. The molecule has 0 spiro atoms. The lowest BCUT2D eigenvalue weighted by molar-refractivity contribution is -0.117. The van der Waals surface area contributed by atoms with Crippen LogP contribution in [0.5, 0.6) is 0 Å². The van der Waals surface area contributed by atoms with Crippen LogP contribution < -0.4 is 11.1 Å². The molecule has 0 aromatic heterocycles. The lowest BCUT2D eigenvalue weighted by Gasteiger charge is -2.13. The third-order valence-electron chi connectivity index (χ3n) is 2.41. The Labute approximate surface area is 116 Å². The molecule has 0 aliphatic carbocycles. The molecular formula is C12H16Cl2N2O2. The summed E-state index contributed by atoms with van der Waals surface area (Å²) < 4.78 is 4.90. The van der Waals surface area contributed by atoms with E-state index >= 15 is 0 Å². The summed E-state index contributed by atoms with van der Waals surface area (Å²) in [6, 6.07) is 4.41. The number of hydrogen-bond donors (Lipinski definition) is 2. The summed E-state index contributed by atoms with van der Waals surface area (Å²) in [4.78, 5) is 11.8. The van der Waals surface area contributed by atoms with E-state index in [2.05, 4.69) is 5.32 Å². The standard InChI is InChI=1S/C12H16Cl2N2O2/c1-18-7-3-6-10(15)12(17)16-11-8(13)4-2-5-9(11)14/h2,4-5,10H,3,6-7,15H2,1H3,(H,16,17). The summed E-state index contributed by atoms with van der Waals surface area (Å²) in [7, 11) is 1.61. The van der Waals surface area contributed by atoms with E-state index < -0.39 is 6.04 Å². The zero-order chi connectivity index (χ0) is 13.5. The van der Waals surface area contributed by atoms with Gasteiger partial charge in [-0.25, -0.2) is 0 Å². The number of nitrogens with two attached hydrogens (primary N) is 1. The van der Waals surface area contributed by atoms with E-state index in [-0.39, 0.29) is 5.91 Å². The van der Waals surface area contributed by atoms with Crippen LogP contribution in [-0.4, -0.2) is 25.7 Å². The monoisotopic (exact) mass is 290 g/mol. The van der Waals surface area contributed by atoms with Crippen LogP contribution in [0.3, 0.4) is 0 Å². The molecule has 4 nitrogen and oxygen atoms in total. The van der Waals surface area contributed by atoms with E-state index in [1.54, 1.807) is 25.3 Å². The van der Waals surface area contributed by atoms with Crippen LogP contribution in [-0.2, 0) is 9.53 Å². The minimum Gasteiger partial charge on any atom is -0.385 e. The zero-order valence-electron chi connectivity index (χ0n) is 10.1. The van der Waals surface area contributed by atoms with Crippen LogP contribution >= 0.6 is 23.2 Å². The molecule has 18 heavy (non-hydrogen) atoms. The van der Waals surface area contributed by atoms with Crippen molar-refractivity contribution in [3.63, 3.8) is 0 Å². The van der Waals surface area contributed by atoms with Gasteiger partial charge in [-0.05, 0) is 25.0 Å². The number of hydrogen-bond acceptors (Lipinski definition) is 3. The van der Waals surface area contributed by atoms with Crippen LogP contribution in [0.2, 0.25) is 10.0 Å². The molecule has 0 aliphatic heterocycles. The van der Waals surface area contributed by atoms with Gasteiger partial charge in [-0.15, -0.1) is 0 Å². The number of benzene rings is 1. The smallest absolute Gasteiger partial charge is 0.241 e. The Bertz CT molecular complexity index is 393. The molecule has 1 aromatic carbocycles. The summed E-state index contributed by atoms with van der Waals surface area (Å²) in [5.41, 5.74) is 6.15. The van der Waals surface area contributed by atoms with Crippen LogP contribution in [0, 0.1) is 0 Å². The first kappa shape index (κ1) is 15.2. The molecule has 0 aliphatic rings. The number of amides is 1. The first-order valence-electron chi connectivity index (χ1n) is 5.55. The van der Waals surface area contributed by atoms with Crippen LogP contribution in [0.25, 0.3) is 0 Å². The topological polar surface area (TPSA) is 64.3 Å². The minimum atomic E-state index is -0.604. The number of para-hydroxylation sites is 1. The Hall–Kier alpha value is -0.810. The molecule has 3 N–H and O–H groups in total. The van der Waals surface area contributed by atoms with E-state index in [9.17, 15) is 4.79 Å². The third-order valence-corrected chi connectivity index (χ3v) is 3.04. The summed E-state index contributed by atoms with van der Waals surface area (Å²) in [6.07, 6.45) is 1.27. The van der Waals surface area contributed by atoms with Gasteiger partial charge in [-0.1, -0.05) is 29.3 Å². The van der Waals surface area contributed by atoms with Crippen molar-refractivity contribution in [1.29, 1.82) is 0 Å². The molecule has 0 saturated carbocycles. The van der Waals surface area contributed by atoms with Gasteiger partial charge < -0.3 is 15.8 Å². The third kappa shape index (κ3) is 4.46. The number of nitrogens with one attached hydrogen (secondary N) is 1. The highest BCUT2D eigenvalue weighted by atomic mass is 35.5. The maximum atomic E-state index is 11.8. The number of halogens is 2. The van der Waals surface area contributed by atoms with Gasteiger partial charge in [0.15, 0.2) is 0 Å². The molecule has 0 bridgehead atoms. The lowest BCUT2D eigenvalue weighted by atomic mass is 10.1. The Morgan fingerprint density at radius 2 is 2.06 bits per heavy atom. The highest BCUT2D eigenvalue weighted by Crippen LogP contribution is 2.29. The van der Waals surface area contributed by atoms with Crippen molar-refractivity contribution in [2.75, 3.05) is 19.0 Å². The predicted octanol–water partition coefficient (Wildman–Crippen LogP) is 2.69. The van der Waals surface area contributed by atoms with Gasteiger partial charge >= 0.3 is 0 Å². The van der Waals surface area contributed by atoms with Crippen molar-refractivity contribution in [3.05, 3.63) is 28.2 Å². The Morgan fingerprint density at radius 1 is 1.44 bits per heavy atom. The Morgan fingerprint density at radius 3 is 2.61 bits per heavy atom. The number of rotatable bonds is 6. The second-order valence-corrected chi connectivity index (χ2v) is 4.64. The molecule has 1 rings (SSSR count). The van der Waals surface area contributed by atoms with Crippen molar-refractivity contribution >= 4 is 34.8 Å². The molecular weight excluding hydrogens is 275 g/mol. The van der Waals surface area contributed by atoms with Gasteiger partial charge in [0.05, 0.1) is 21.8 Å². The maximum Gasteiger partial charge on any atom is 0.241 e. The SMILES string of the molecule is COCCCC(N)C(=O)Nc1c(Cl)cccc1Cl. The average molecular weight is 291 g/mol. The molecule has 0 saturated heterocycles. The van der Waals surface area contributed by atoms with Crippen LogP contribution in [0.4, 0.5) is 5.69 Å². The van der Waals surface area contributed by atoms with Crippen LogP contribution in [0.15, 0.2) is 18.2 Å². The first-order chi connectivity index (χ1) is 8.56. The van der Waals surface area contributed by atoms with Gasteiger partial charge in [-0.3, -0.25) is 4.79 Å². The number of anilines is 1. The van der Waals surface area contributed by atoms with Crippen molar-refractivity contribution in [1.82, 2.24) is 0 Å². The second-order valence-electron chi connectivity index (χ2n) is 3.83. The number of carbonyl (C=O) groups is 1. The summed E-state index contributed by atoms with van der Waals surface area (Å²) in [6.45, 7) is 0.577. The fraction of sp³-hybridized carbons (Fsp3) is 0.417. The number of ether oxygens (including phenoxy) is 1. The van der Waals surface area contributed by atoms with Crippen molar-refractivity contribution in [2.45, 2.75) is 18.9 Å². The normalized spacial score (nSPS) is 12.2. The molecule has 0 fully saturated rings. The van der Waals surface area contributed by atoms with Gasteiger partial charge in [0.25, 0.3) is 0 Å². The van der Waals surface area contributed by atoms with Crippen molar-refractivity contribution < 1.29 is 9.53 Å². The summed E-state index contributed by atoms with van der Waals surface area (Å²) >= 11 is 11.9. The molecule has 1 aromatic rings.